The van der Waals surface area contributed by atoms with Crippen molar-refractivity contribution < 1.29 is 14.6 Å². The summed E-state index contributed by atoms with van der Waals surface area (Å²) in [7, 11) is 0. The largest absolute Gasteiger partial charge is 0.508 e. The predicted molar refractivity (Wildman–Crippen MR) is 144 cm³/mol. The number of carbonyl (C=O) groups excluding carboxylic acids is 1. The molecule has 0 saturated carbocycles. The number of carbonyl (C=O) groups is 1. The minimum atomic E-state index is -0.0177. The number of likely N-dealkylation sites (tertiary alicyclic amines) is 1. The second kappa shape index (κ2) is 11.0. The lowest BCUT2D eigenvalue weighted by Crippen LogP contribution is -2.35. The molecule has 1 N–H and O–H groups in total. The SMILES string of the molecule is CCN(C(=O)c1ccc(OCCN2CCCC2)cc1)c1ccccc1N1CCc2cc(O)ccc2C1. The molecule has 0 atom stereocenters. The third-order valence-corrected chi connectivity index (χ3v) is 7.25. The number of hydrogen-bond donors (Lipinski definition) is 1. The molecule has 0 bridgehead atoms. The number of anilines is 2. The maximum absolute atomic E-state index is 13.6. The van der Waals surface area contributed by atoms with Gasteiger partial charge in [0.25, 0.3) is 5.91 Å². The molecule has 5 rings (SSSR count). The van der Waals surface area contributed by atoms with Gasteiger partial charge in [0.1, 0.15) is 18.1 Å². The van der Waals surface area contributed by atoms with Crippen LogP contribution in [0.15, 0.2) is 66.7 Å². The highest BCUT2D eigenvalue weighted by Gasteiger charge is 2.24. The van der Waals surface area contributed by atoms with E-state index in [0.29, 0.717) is 24.5 Å². The smallest absolute Gasteiger partial charge is 0.258 e. The number of aromatic hydroxyl groups is 1. The van der Waals surface area contributed by atoms with Gasteiger partial charge in [-0.05, 0) is 98.9 Å². The molecule has 0 aromatic heterocycles. The Morgan fingerprint density at radius 2 is 1.75 bits per heavy atom. The van der Waals surface area contributed by atoms with Crippen molar-refractivity contribution in [3.63, 3.8) is 0 Å². The van der Waals surface area contributed by atoms with Crippen molar-refractivity contribution in [3.8, 4) is 11.5 Å². The highest BCUT2D eigenvalue weighted by atomic mass is 16.5. The zero-order valence-corrected chi connectivity index (χ0v) is 21.0. The van der Waals surface area contributed by atoms with E-state index >= 15 is 0 Å². The molecule has 0 unspecified atom stereocenters. The second-order valence-electron chi connectivity index (χ2n) is 9.58. The molecule has 1 fully saturated rings. The Hall–Kier alpha value is -3.51. The van der Waals surface area contributed by atoms with Gasteiger partial charge in [0.05, 0.1) is 11.4 Å². The number of phenolic OH excluding ortho intramolecular Hbond substituents is 1. The molecular formula is C30H35N3O3. The number of benzene rings is 3. The van der Waals surface area contributed by atoms with E-state index in [1.54, 1.807) is 6.07 Å². The molecule has 6 heteroatoms. The first kappa shape index (κ1) is 24.2. The number of nitrogens with zero attached hydrogens (tertiary/aromatic N) is 3. The number of fused-ring (bicyclic) bond motifs is 1. The Morgan fingerprint density at radius 1 is 0.972 bits per heavy atom. The van der Waals surface area contributed by atoms with Gasteiger partial charge in [0, 0.05) is 31.7 Å². The minimum absolute atomic E-state index is 0.0177. The van der Waals surface area contributed by atoms with Gasteiger partial charge in [-0.25, -0.2) is 0 Å². The van der Waals surface area contributed by atoms with E-state index in [-0.39, 0.29) is 5.91 Å². The first-order valence-corrected chi connectivity index (χ1v) is 13.0. The molecule has 0 radical (unpaired) electrons. The van der Waals surface area contributed by atoms with E-state index in [1.165, 1.54) is 37.1 Å². The number of para-hydroxylation sites is 2. The van der Waals surface area contributed by atoms with Gasteiger partial charge in [0.15, 0.2) is 0 Å². The summed E-state index contributed by atoms with van der Waals surface area (Å²) in [5, 5.41) is 9.83. The average molecular weight is 486 g/mol. The lowest BCUT2D eigenvalue weighted by atomic mass is 9.98. The van der Waals surface area contributed by atoms with Crippen LogP contribution in [-0.4, -0.2) is 55.2 Å². The fraction of sp³-hybridized carbons (Fsp3) is 0.367. The molecule has 6 nitrogen and oxygen atoms in total. The Labute approximate surface area is 213 Å². The molecule has 0 aliphatic carbocycles. The third-order valence-electron chi connectivity index (χ3n) is 7.25. The van der Waals surface area contributed by atoms with Crippen LogP contribution in [0.2, 0.25) is 0 Å². The average Bonchev–Trinajstić information content (AvgIpc) is 3.43. The fourth-order valence-electron chi connectivity index (χ4n) is 5.28. The summed E-state index contributed by atoms with van der Waals surface area (Å²) < 4.78 is 5.92. The first-order valence-electron chi connectivity index (χ1n) is 13.0. The van der Waals surface area contributed by atoms with Gasteiger partial charge >= 0.3 is 0 Å². The van der Waals surface area contributed by atoms with Crippen molar-refractivity contribution in [3.05, 3.63) is 83.4 Å². The second-order valence-corrected chi connectivity index (χ2v) is 9.58. The Bertz CT molecular complexity index is 1190. The molecule has 2 aliphatic rings. The zero-order chi connectivity index (χ0) is 24.9. The summed E-state index contributed by atoms with van der Waals surface area (Å²) >= 11 is 0. The van der Waals surface area contributed by atoms with E-state index in [2.05, 4.69) is 15.9 Å². The topological polar surface area (TPSA) is 56.2 Å². The monoisotopic (exact) mass is 485 g/mol. The molecule has 1 saturated heterocycles. The van der Waals surface area contributed by atoms with Crippen molar-refractivity contribution in [2.75, 3.05) is 49.1 Å². The van der Waals surface area contributed by atoms with Crippen LogP contribution in [0.3, 0.4) is 0 Å². The van der Waals surface area contributed by atoms with Crippen LogP contribution in [0.4, 0.5) is 11.4 Å². The molecule has 188 valence electrons. The molecule has 2 aliphatic heterocycles. The highest BCUT2D eigenvalue weighted by molar-refractivity contribution is 6.07. The van der Waals surface area contributed by atoms with Gasteiger partial charge in [-0.1, -0.05) is 18.2 Å². The predicted octanol–water partition coefficient (Wildman–Crippen LogP) is 5.10. The molecule has 3 aromatic rings. The van der Waals surface area contributed by atoms with Crippen LogP contribution >= 0.6 is 0 Å². The van der Waals surface area contributed by atoms with Crippen LogP contribution in [-0.2, 0) is 13.0 Å². The Kier molecular flexibility index (Phi) is 7.42. The minimum Gasteiger partial charge on any atom is -0.508 e. The van der Waals surface area contributed by atoms with Crippen molar-refractivity contribution in [1.82, 2.24) is 4.90 Å². The zero-order valence-electron chi connectivity index (χ0n) is 21.0. The molecule has 0 spiro atoms. The first-order chi connectivity index (χ1) is 17.6. The number of hydrogen-bond acceptors (Lipinski definition) is 5. The summed E-state index contributed by atoms with van der Waals surface area (Å²) in [6, 6.07) is 21.3. The number of phenols is 1. The number of amides is 1. The lowest BCUT2D eigenvalue weighted by Gasteiger charge is -2.34. The van der Waals surface area contributed by atoms with Gasteiger partial charge in [-0.2, -0.15) is 0 Å². The van der Waals surface area contributed by atoms with Gasteiger partial charge in [-0.15, -0.1) is 0 Å². The van der Waals surface area contributed by atoms with E-state index in [9.17, 15) is 9.90 Å². The number of rotatable bonds is 8. The van der Waals surface area contributed by atoms with Crippen molar-refractivity contribution >= 4 is 17.3 Å². The van der Waals surface area contributed by atoms with Crippen molar-refractivity contribution in [2.45, 2.75) is 32.7 Å². The van der Waals surface area contributed by atoms with Crippen LogP contribution < -0.4 is 14.5 Å². The van der Waals surface area contributed by atoms with Crippen LogP contribution in [0.25, 0.3) is 0 Å². The van der Waals surface area contributed by atoms with Gasteiger partial charge < -0.3 is 19.6 Å². The van der Waals surface area contributed by atoms with Gasteiger partial charge in [0.2, 0.25) is 0 Å². The van der Waals surface area contributed by atoms with Gasteiger partial charge in [-0.3, -0.25) is 9.69 Å². The lowest BCUT2D eigenvalue weighted by molar-refractivity contribution is 0.0988. The van der Waals surface area contributed by atoms with E-state index in [0.717, 1.165) is 43.2 Å². The molecule has 3 aromatic carbocycles. The van der Waals surface area contributed by atoms with Crippen molar-refractivity contribution in [1.29, 1.82) is 0 Å². The maximum Gasteiger partial charge on any atom is 0.258 e. The van der Waals surface area contributed by atoms with Crippen LogP contribution in [0.1, 0.15) is 41.3 Å². The Morgan fingerprint density at radius 3 is 2.53 bits per heavy atom. The van der Waals surface area contributed by atoms with Crippen LogP contribution in [0, 0.1) is 0 Å². The molecule has 1 amide bonds. The Balaban J connectivity index is 1.29. The van der Waals surface area contributed by atoms with Crippen molar-refractivity contribution in [2.24, 2.45) is 0 Å². The summed E-state index contributed by atoms with van der Waals surface area (Å²) in [6.45, 7) is 8.12. The molecule has 2 heterocycles. The normalized spacial score (nSPS) is 15.5. The van der Waals surface area contributed by atoms with E-state index in [1.807, 2.05) is 66.4 Å². The van der Waals surface area contributed by atoms with E-state index in [4.69, 9.17) is 4.74 Å². The standard InChI is InChI=1S/C30H35N3O3/c1-2-33(30(35)23-10-13-27(14-11-23)36-20-19-31-16-5-6-17-31)29-8-4-3-7-28(29)32-18-15-24-21-26(34)12-9-25(24)22-32/h3-4,7-14,21,34H,2,5-6,15-20,22H2,1H3. The quantitative estimate of drug-likeness (QED) is 0.481. The molecular weight excluding hydrogens is 450 g/mol. The fourth-order valence-corrected chi connectivity index (χ4v) is 5.28. The third kappa shape index (κ3) is 5.34. The maximum atomic E-state index is 13.6. The summed E-state index contributed by atoms with van der Waals surface area (Å²) in [5.74, 6) is 1.09. The molecule has 36 heavy (non-hydrogen) atoms. The highest BCUT2D eigenvalue weighted by Crippen LogP contribution is 2.34. The summed E-state index contributed by atoms with van der Waals surface area (Å²) in [5.41, 5.74) is 5.02. The van der Waals surface area contributed by atoms with Crippen LogP contribution in [0.5, 0.6) is 11.5 Å². The number of ether oxygens (including phenoxy) is 1. The summed E-state index contributed by atoms with van der Waals surface area (Å²) in [4.78, 5) is 20.2. The summed E-state index contributed by atoms with van der Waals surface area (Å²) in [6.07, 6.45) is 3.42. The van der Waals surface area contributed by atoms with E-state index < -0.39 is 0 Å².